The molecule has 10 heteroatoms. The lowest BCUT2D eigenvalue weighted by Gasteiger charge is -2.41. The largest absolute Gasteiger partial charge is 0.418 e. The molecule has 0 aliphatic carbocycles. The zero-order valence-corrected chi connectivity index (χ0v) is 19.2. The van der Waals surface area contributed by atoms with E-state index in [-0.39, 0.29) is 30.2 Å². The minimum Gasteiger partial charge on any atom is -0.372 e. The Morgan fingerprint density at radius 1 is 0.909 bits per heavy atom. The fourth-order valence-electron chi connectivity index (χ4n) is 4.66. The second-order valence-corrected chi connectivity index (χ2v) is 10.5. The molecule has 4 rings (SSSR count). The monoisotopic (exact) mass is 485 g/mol. The first-order valence-corrected chi connectivity index (χ1v) is 12.5. The Kier molecular flexibility index (Phi) is 6.59. The van der Waals surface area contributed by atoms with E-state index >= 15 is 0 Å². The number of alkyl halides is 3. The van der Waals surface area contributed by atoms with E-state index in [9.17, 15) is 26.0 Å². The molecule has 33 heavy (non-hydrogen) atoms. The van der Waals surface area contributed by atoms with Crippen molar-refractivity contribution in [1.82, 2.24) is 4.31 Å². The Morgan fingerprint density at radius 3 is 2.30 bits per heavy atom. The smallest absolute Gasteiger partial charge is 0.372 e. The quantitative estimate of drug-likeness (QED) is 0.588. The number of sulfonamides is 1. The standard InChI is InChI=1S/C23H27F4N3O2S/c1-17-16-29(22-9-8-18(24)14-21(22)23(25,26)27)12-13-30(17)33(31,32)20-7-5-6-19(15-20)28-10-3-2-4-11-28/h5-9,14-15,17H,2-4,10-13,16H2,1H3/t17-/m1/s1. The Bertz CT molecular complexity index is 1100. The van der Waals surface area contributed by atoms with Gasteiger partial charge in [-0.25, -0.2) is 12.8 Å². The number of anilines is 2. The van der Waals surface area contributed by atoms with Crippen molar-refractivity contribution in [2.75, 3.05) is 42.5 Å². The van der Waals surface area contributed by atoms with Crippen molar-refractivity contribution in [2.45, 2.75) is 43.3 Å². The van der Waals surface area contributed by atoms with E-state index in [0.29, 0.717) is 6.07 Å². The lowest BCUT2D eigenvalue weighted by atomic mass is 10.1. The zero-order chi connectivity index (χ0) is 23.8. The maximum atomic E-state index is 13.5. The summed E-state index contributed by atoms with van der Waals surface area (Å²) in [4.78, 5) is 3.84. The number of piperazine rings is 1. The zero-order valence-electron chi connectivity index (χ0n) is 18.4. The van der Waals surface area contributed by atoms with E-state index in [1.165, 1.54) is 15.6 Å². The number of hydrogen-bond acceptors (Lipinski definition) is 4. The van der Waals surface area contributed by atoms with Crippen molar-refractivity contribution in [3.05, 3.63) is 53.8 Å². The maximum absolute atomic E-state index is 13.5. The van der Waals surface area contributed by atoms with Gasteiger partial charge in [-0.3, -0.25) is 0 Å². The van der Waals surface area contributed by atoms with Gasteiger partial charge < -0.3 is 9.80 Å². The molecule has 1 atom stereocenters. The van der Waals surface area contributed by atoms with Crippen molar-refractivity contribution < 1.29 is 26.0 Å². The first-order valence-electron chi connectivity index (χ1n) is 11.1. The molecule has 2 heterocycles. The van der Waals surface area contributed by atoms with Gasteiger partial charge in [-0.1, -0.05) is 6.07 Å². The van der Waals surface area contributed by atoms with Gasteiger partial charge in [-0.2, -0.15) is 17.5 Å². The highest BCUT2D eigenvalue weighted by molar-refractivity contribution is 7.89. The van der Waals surface area contributed by atoms with Gasteiger partial charge in [-0.05, 0) is 62.6 Å². The number of benzene rings is 2. The third-order valence-electron chi connectivity index (χ3n) is 6.32. The number of hydrogen-bond donors (Lipinski definition) is 0. The predicted octanol–water partition coefficient (Wildman–Crippen LogP) is 4.73. The van der Waals surface area contributed by atoms with Gasteiger partial charge in [0, 0.05) is 50.1 Å². The Balaban J connectivity index is 1.55. The first-order chi connectivity index (χ1) is 15.6. The summed E-state index contributed by atoms with van der Waals surface area (Å²) < 4.78 is 82.0. The summed E-state index contributed by atoms with van der Waals surface area (Å²) in [7, 11) is -3.83. The molecule has 0 saturated carbocycles. The average molecular weight is 486 g/mol. The van der Waals surface area contributed by atoms with E-state index in [2.05, 4.69) is 4.90 Å². The van der Waals surface area contributed by atoms with Crippen LogP contribution in [0.25, 0.3) is 0 Å². The van der Waals surface area contributed by atoms with Crippen molar-refractivity contribution in [3.63, 3.8) is 0 Å². The summed E-state index contributed by atoms with van der Waals surface area (Å²) in [5.74, 6) is -0.964. The van der Waals surface area contributed by atoms with E-state index in [4.69, 9.17) is 0 Å². The van der Waals surface area contributed by atoms with Crippen LogP contribution in [0.1, 0.15) is 31.7 Å². The van der Waals surface area contributed by atoms with Gasteiger partial charge in [-0.15, -0.1) is 0 Å². The third-order valence-corrected chi connectivity index (χ3v) is 8.33. The van der Waals surface area contributed by atoms with E-state index in [1.54, 1.807) is 25.1 Å². The molecule has 2 fully saturated rings. The van der Waals surface area contributed by atoms with Crippen LogP contribution >= 0.6 is 0 Å². The average Bonchev–Trinajstić information content (AvgIpc) is 2.79. The number of nitrogens with zero attached hydrogens (tertiary/aromatic N) is 3. The van der Waals surface area contributed by atoms with Crippen LogP contribution in [0.3, 0.4) is 0 Å². The molecule has 0 unspecified atom stereocenters. The lowest BCUT2D eigenvalue weighted by Crippen LogP contribution is -2.54. The Hall–Kier alpha value is -2.33. The first kappa shape index (κ1) is 23.8. The second-order valence-electron chi connectivity index (χ2n) is 8.62. The van der Waals surface area contributed by atoms with Gasteiger partial charge in [0.15, 0.2) is 0 Å². The molecule has 0 aromatic heterocycles. The van der Waals surface area contributed by atoms with Gasteiger partial charge >= 0.3 is 6.18 Å². The van der Waals surface area contributed by atoms with E-state index in [0.717, 1.165) is 43.8 Å². The Labute approximate surface area is 191 Å². The second kappa shape index (κ2) is 9.13. The molecule has 5 nitrogen and oxygen atoms in total. The summed E-state index contributed by atoms with van der Waals surface area (Å²) in [6.45, 7) is 3.63. The minimum atomic E-state index is -4.71. The highest BCUT2D eigenvalue weighted by Gasteiger charge is 2.39. The minimum absolute atomic E-state index is 0.0338. The highest BCUT2D eigenvalue weighted by Crippen LogP contribution is 2.38. The molecule has 0 N–H and O–H groups in total. The lowest BCUT2D eigenvalue weighted by molar-refractivity contribution is -0.137. The summed E-state index contributed by atoms with van der Waals surface area (Å²) >= 11 is 0. The third kappa shape index (κ3) is 4.96. The van der Waals surface area contributed by atoms with Crippen molar-refractivity contribution in [1.29, 1.82) is 0 Å². The van der Waals surface area contributed by atoms with Crippen LogP contribution in [0.15, 0.2) is 47.4 Å². The molecule has 2 saturated heterocycles. The fourth-order valence-corrected chi connectivity index (χ4v) is 6.31. The molecule has 180 valence electrons. The molecule has 2 aromatic carbocycles. The molecule has 2 aliphatic heterocycles. The highest BCUT2D eigenvalue weighted by atomic mass is 32.2. The summed E-state index contributed by atoms with van der Waals surface area (Å²) in [6, 6.07) is 8.89. The van der Waals surface area contributed by atoms with Gasteiger partial charge in [0.2, 0.25) is 10.0 Å². The van der Waals surface area contributed by atoms with E-state index in [1.807, 2.05) is 6.07 Å². The molecule has 0 amide bonds. The van der Waals surface area contributed by atoms with Crippen LogP contribution in [-0.4, -0.2) is 51.5 Å². The van der Waals surface area contributed by atoms with Crippen molar-refractivity contribution in [3.8, 4) is 0 Å². The SMILES string of the molecule is C[C@@H]1CN(c2ccc(F)cc2C(F)(F)F)CCN1S(=O)(=O)c1cccc(N2CCCCC2)c1. The maximum Gasteiger partial charge on any atom is 0.418 e. The molecular weight excluding hydrogens is 458 g/mol. The summed E-state index contributed by atoms with van der Waals surface area (Å²) in [5.41, 5.74) is -0.330. The van der Waals surface area contributed by atoms with Gasteiger partial charge in [0.1, 0.15) is 5.82 Å². The number of piperidine rings is 1. The number of rotatable bonds is 4. The molecule has 0 radical (unpaired) electrons. The number of halogens is 4. The topological polar surface area (TPSA) is 43.9 Å². The van der Waals surface area contributed by atoms with Gasteiger partial charge in [0.05, 0.1) is 10.5 Å². The predicted molar refractivity (Wildman–Crippen MR) is 119 cm³/mol. The molecular formula is C23H27F4N3O2S. The van der Waals surface area contributed by atoms with Crippen LogP contribution < -0.4 is 9.80 Å². The molecule has 0 bridgehead atoms. The normalized spacial score (nSPS) is 20.8. The van der Waals surface area contributed by atoms with Crippen LogP contribution in [0.5, 0.6) is 0 Å². The fraction of sp³-hybridized carbons (Fsp3) is 0.478. The molecule has 0 spiro atoms. The van der Waals surface area contributed by atoms with Crippen molar-refractivity contribution >= 4 is 21.4 Å². The van der Waals surface area contributed by atoms with Crippen LogP contribution in [0, 0.1) is 5.82 Å². The van der Waals surface area contributed by atoms with Crippen LogP contribution in [0.2, 0.25) is 0 Å². The van der Waals surface area contributed by atoms with Crippen LogP contribution in [-0.2, 0) is 16.2 Å². The van der Waals surface area contributed by atoms with Crippen LogP contribution in [0.4, 0.5) is 28.9 Å². The van der Waals surface area contributed by atoms with E-state index < -0.39 is 33.6 Å². The van der Waals surface area contributed by atoms with Crippen molar-refractivity contribution in [2.24, 2.45) is 0 Å². The van der Waals surface area contributed by atoms with Gasteiger partial charge in [0.25, 0.3) is 0 Å². The molecule has 2 aromatic rings. The Morgan fingerprint density at radius 2 is 1.64 bits per heavy atom. The molecule has 2 aliphatic rings. The summed E-state index contributed by atoms with van der Waals surface area (Å²) in [5, 5.41) is 0. The summed E-state index contributed by atoms with van der Waals surface area (Å²) in [6.07, 6.45) is -1.41.